The Labute approximate surface area is 140 Å². The zero-order valence-corrected chi connectivity index (χ0v) is 13.3. The van der Waals surface area contributed by atoms with Gasteiger partial charge in [-0.15, -0.1) is 11.3 Å². The van der Waals surface area contributed by atoms with Crippen molar-refractivity contribution in [1.29, 1.82) is 0 Å². The number of para-hydroxylation sites is 1. The van der Waals surface area contributed by atoms with Gasteiger partial charge >= 0.3 is 5.97 Å². The van der Waals surface area contributed by atoms with Gasteiger partial charge in [-0.05, 0) is 18.2 Å². The number of carbonyl (C=O) groups is 1. The third-order valence-corrected chi connectivity index (χ3v) is 4.75. The molecule has 0 spiro atoms. The van der Waals surface area contributed by atoms with E-state index in [1.165, 1.54) is 23.5 Å². The number of benzene rings is 2. The van der Waals surface area contributed by atoms with Crippen LogP contribution in [0.5, 0.6) is 0 Å². The van der Waals surface area contributed by atoms with E-state index in [9.17, 15) is 9.18 Å². The third kappa shape index (κ3) is 2.63. The summed E-state index contributed by atoms with van der Waals surface area (Å²) in [5.41, 5.74) is 2.02. The van der Waals surface area contributed by atoms with Gasteiger partial charge in [-0.3, -0.25) is 9.48 Å². The van der Waals surface area contributed by atoms with Crippen molar-refractivity contribution in [2.75, 3.05) is 0 Å². The minimum absolute atomic E-state index is 0.126. The van der Waals surface area contributed by atoms with E-state index in [-0.39, 0.29) is 12.2 Å². The van der Waals surface area contributed by atoms with Gasteiger partial charge in [0.25, 0.3) is 0 Å². The van der Waals surface area contributed by atoms with E-state index in [0.29, 0.717) is 17.8 Å². The highest BCUT2D eigenvalue weighted by atomic mass is 32.1. The highest BCUT2D eigenvalue weighted by molar-refractivity contribution is 7.18. The average Bonchev–Trinajstić information content (AvgIpc) is 3.09. The molecule has 0 radical (unpaired) electrons. The van der Waals surface area contributed by atoms with E-state index in [0.717, 1.165) is 20.6 Å². The van der Waals surface area contributed by atoms with Crippen LogP contribution in [0.4, 0.5) is 4.39 Å². The summed E-state index contributed by atoms with van der Waals surface area (Å²) < 4.78 is 16.0. The molecule has 0 aliphatic heterocycles. The first-order valence-electron chi connectivity index (χ1n) is 7.31. The second-order valence-corrected chi connectivity index (χ2v) is 6.53. The molecular formula is C17H12FN3O2S. The van der Waals surface area contributed by atoms with Gasteiger partial charge in [-0.1, -0.05) is 18.2 Å². The number of rotatable bonds is 4. The first kappa shape index (κ1) is 14.8. The van der Waals surface area contributed by atoms with Gasteiger partial charge in [0.15, 0.2) is 0 Å². The monoisotopic (exact) mass is 341 g/mol. The minimum atomic E-state index is -0.916. The van der Waals surface area contributed by atoms with Crippen LogP contribution in [0.2, 0.25) is 0 Å². The number of nitrogens with zero attached hydrogens (tertiary/aromatic N) is 3. The SMILES string of the molecule is O=C(O)Cc1nn(Cc2nc3cc(F)ccc3s2)c2ccccc12. The molecule has 7 heteroatoms. The summed E-state index contributed by atoms with van der Waals surface area (Å²) in [5.74, 6) is -1.23. The lowest BCUT2D eigenvalue weighted by Gasteiger charge is -1.99. The predicted octanol–water partition coefficient (Wildman–Crippen LogP) is 3.46. The van der Waals surface area contributed by atoms with Crippen molar-refractivity contribution in [2.45, 2.75) is 13.0 Å². The zero-order chi connectivity index (χ0) is 16.7. The highest BCUT2D eigenvalue weighted by Crippen LogP contribution is 2.25. The summed E-state index contributed by atoms with van der Waals surface area (Å²) in [6.45, 7) is 0.418. The largest absolute Gasteiger partial charge is 0.481 e. The molecule has 2 heterocycles. The van der Waals surface area contributed by atoms with Gasteiger partial charge in [-0.25, -0.2) is 9.37 Å². The van der Waals surface area contributed by atoms with Gasteiger partial charge < -0.3 is 5.11 Å². The summed E-state index contributed by atoms with van der Waals surface area (Å²) in [6, 6.07) is 12.1. The number of hydrogen-bond acceptors (Lipinski definition) is 4. The molecule has 0 fully saturated rings. The van der Waals surface area contributed by atoms with E-state index < -0.39 is 5.97 Å². The molecule has 4 rings (SSSR count). The fourth-order valence-corrected chi connectivity index (χ4v) is 3.66. The molecule has 0 unspecified atom stereocenters. The molecule has 24 heavy (non-hydrogen) atoms. The summed E-state index contributed by atoms with van der Waals surface area (Å²) in [4.78, 5) is 15.5. The maximum atomic E-state index is 13.3. The number of thiazole rings is 1. The number of fused-ring (bicyclic) bond motifs is 2. The van der Waals surface area contributed by atoms with Crippen LogP contribution in [0.3, 0.4) is 0 Å². The van der Waals surface area contributed by atoms with Gasteiger partial charge in [0.05, 0.1) is 34.4 Å². The van der Waals surface area contributed by atoms with Crippen LogP contribution >= 0.6 is 11.3 Å². The van der Waals surface area contributed by atoms with Crippen LogP contribution in [-0.2, 0) is 17.8 Å². The van der Waals surface area contributed by atoms with Crippen molar-refractivity contribution in [3.8, 4) is 0 Å². The quantitative estimate of drug-likeness (QED) is 0.617. The van der Waals surface area contributed by atoms with E-state index in [4.69, 9.17) is 5.11 Å². The Morgan fingerprint density at radius 1 is 1.25 bits per heavy atom. The normalized spacial score (nSPS) is 11.4. The minimum Gasteiger partial charge on any atom is -0.481 e. The van der Waals surface area contributed by atoms with Gasteiger partial charge in [0, 0.05) is 11.5 Å². The van der Waals surface area contributed by atoms with Crippen LogP contribution in [0.25, 0.3) is 21.1 Å². The van der Waals surface area contributed by atoms with Crippen molar-refractivity contribution in [1.82, 2.24) is 14.8 Å². The molecule has 0 bridgehead atoms. The lowest BCUT2D eigenvalue weighted by atomic mass is 10.2. The Hall–Kier alpha value is -2.80. The Balaban J connectivity index is 1.76. The molecule has 0 saturated heterocycles. The zero-order valence-electron chi connectivity index (χ0n) is 12.4. The van der Waals surface area contributed by atoms with Gasteiger partial charge in [0.2, 0.25) is 0 Å². The Morgan fingerprint density at radius 3 is 2.92 bits per heavy atom. The smallest absolute Gasteiger partial charge is 0.309 e. The summed E-state index contributed by atoms with van der Waals surface area (Å²) in [5, 5.41) is 15.1. The van der Waals surface area contributed by atoms with E-state index in [1.54, 1.807) is 10.7 Å². The van der Waals surface area contributed by atoms with Crippen LogP contribution < -0.4 is 0 Å². The van der Waals surface area contributed by atoms with Crippen molar-refractivity contribution in [3.63, 3.8) is 0 Å². The molecule has 5 nitrogen and oxygen atoms in total. The summed E-state index contributed by atoms with van der Waals surface area (Å²) >= 11 is 1.48. The number of aromatic nitrogens is 3. The van der Waals surface area contributed by atoms with Crippen molar-refractivity contribution < 1.29 is 14.3 Å². The summed E-state index contributed by atoms with van der Waals surface area (Å²) in [7, 11) is 0. The van der Waals surface area contributed by atoms with E-state index in [1.807, 2.05) is 24.3 Å². The van der Waals surface area contributed by atoms with Crippen LogP contribution in [0, 0.1) is 5.82 Å². The average molecular weight is 341 g/mol. The van der Waals surface area contributed by atoms with Crippen molar-refractivity contribution >= 4 is 38.4 Å². The van der Waals surface area contributed by atoms with E-state index in [2.05, 4.69) is 10.1 Å². The topological polar surface area (TPSA) is 68.0 Å². The second kappa shape index (κ2) is 5.68. The molecule has 0 amide bonds. The van der Waals surface area contributed by atoms with Crippen LogP contribution in [-0.4, -0.2) is 25.8 Å². The van der Waals surface area contributed by atoms with Gasteiger partial charge in [0.1, 0.15) is 10.8 Å². The number of aliphatic carboxylic acids is 1. The molecule has 0 saturated carbocycles. The predicted molar refractivity (Wildman–Crippen MR) is 89.8 cm³/mol. The third-order valence-electron chi connectivity index (χ3n) is 3.73. The molecule has 2 aromatic carbocycles. The Kier molecular flexibility index (Phi) is 3.50. The molecule has 4 aromatic rings. The Morgan fingerprint density at radius 2 is 2.08 bits per heavy atom. The molecule has 0 aliphatic rings. The van der Waals surface area contributed by atoms with Crippen molar-refractivity contribution in [3.05, 3.63) is 59.0 Å². The number of carboxylic acid groups (broad SMARTS) is 1. The fraction of sp³-hybridized carbons (Fsp3) is 0.118. The molecule has 1 N–H and O–H groups in total. The standard InChI is InChI=1S/C17H12FN3O2S/c18-10-5-6-15-13(7-10)19-16(24-15)9-21-14-4-2-1-3-11(14)12(20-21)8-17(22)23/h1-7H,8-9H2,(H,22,23). The van der Waals surface area contributed by atoms with Crippen LogP contribution in [0.15, 0.2) is 42.5 Å². The highest BCUT2D eigenvalue weighted by Gasteiger charge is 2.14. The Bertz CT molecular complexity index is 1070. The molecule has 0 aliphatic carbocycles. The maximum absolute atomic E-state index is 13.3. The summed E-state index contributed by atoms with van der Waals surface area (Å²) in [6.07, 6.45) is -0.126. The van der Waals surface area contributed by atoms with Crippen LogP contribution in [0.1, 0.15) is 10.7 Å². The number of carboxylic acids is 1. The molecular weight excluding hydrogens is 329 g/mol. The number of halogens is 1. The maximum Gasteiger partial charge on any atom is 0.309 e. The first-order valence-corrected chi connectivity index (χ1v) is 8.13. The van der Waals surface area contributed by atoms with Gasteiger partial charge in [-0.2, -0.15) is 5.10 Å². The van der Waals surface area contributed by atoms with E-state index >= 15 is 0 Å². The lowest BCUT2D eigenvalue weighted by Crippen LogP contribution is -2.04. The first-order chi connectivity index (χ1) is 11.6. The van der Waals surface area contributed by atoms with Crippen molar-refractivity contribution in [2.24, 2.45) is 0 Å². The molecule has 2 aromatic heterocycles. The second-order valence-electron chi connectivity index (χ2n) is 5.41. The fourth-order valence-electron chi connectivity index (χ4n) is 2.73. The molecule has 120 valence electrons. The number of hydrogen-bond donors (Lipinski definition) is 1. The molecule has 0 atom stereocenters. The lowest BCUT2D eigenvalue weighted by molar-refractivity contribution is -0.136.